The fourth-order valence-corrected chi connectivity index (χ4v) is 8.07. The van der Waals surface area contributed by atoms with Crippen LogP contribution in [-0.4, -0.2) is 4.98 Å². The van der Waals surface area contributed by atoms with Crippen LogP contribution in [0.5, 0.6) is 0 Å². The van der Waals surface area contributed by atoms with Crippen LogP contribution in [0.3, 0.4) is 0 Å². The first-order chi connectivity index (χ1) is 28.2. The van der Waals surface area contributed by atoms with Crippen LogP contribution < -0.4 is 4.90 Å². The van der Waals surface area contributed by atoms with Crippen LogP contribution in [0.15, 0.2) is 215 Å². The lowest BCUT2D eigenvalue weighted by Crippen LogP contribution is -2.09. The molecule has 2 heterocycles. The lowest BCUT2D eigenvalue weighted by atomic mass is 9.94. The van der Waals surface area contributed by atoms with Crippen molar-refractivity contribution < 1.29 is 8.83 Å². The third-order valence-electron chi connectivity index (χ3n) is 10.9. The molecule has 0 fully saturated rings. The van der Waals surface area contributed by atoms with Gasteiger partial charge in [-0.05, 0) is 118 Å². The van der Waals surface area contributed by atoms with Gasteiger partial charge in [-0.1, -0.05) is 127 Å². The van der Waals surface area contributed by atoms with Crippen molar-refractivity contribution in [2.45, 2.75) is 0 Å². The van der Waals surface area contributed by atoms with Gasteiger partial charge in [0.05, 0.1) is 0 Å². The van der Waals surface area contributed by atoms with Crippen molar-refractivity contribution >= 4 is 60.9 Å². The Balaban J connectivity index is 0.950. The van der Waals surface area contributed by atoms with Gasteiger partial charge in [-0.25, -0.2) is 4.98 Å². The summed E-state index contributed by atoms with van der Waals surface area (Å²) < 4.78 is 12.7. The Bertz CT molecular complexity index is 3170. The maximum absolute atomic E-state index is 6.70. The van der Waals surface area contributed by atoms with Gasteiger partial charge < -0.3 is 13.7 Å². The van der Waals surface area contributed by atoms with Crippen molar-refractivity contribution in [2.75, 3.05) is 4.90 Å². The molecule has 0 bridgehead atoms. The number of oxazole rings is 1. The van der Waals surface area contributed by atoms with Gasteiger partial charge in [0, 0.05) is 38.8 Å². The zero-order valence-electron chi connectivity index (χ0n) is 30.8. The second kappa shape index (κ2) is 13.6. The minimum atomic E-state index is 0.621. The molecule has 0 unspecified atom stereocenters. The second-order valence-corrected chi connectivity index (χ2v) is 14.4. The number of hydrogen-bond acceptors (Lipinski definition) is 4. The first-order valence-corrected chi connectivity index (χ1v) is 19.2. The van der Waals surface area contributed by atoms with Gasteiger partial charge in [0.2, 0.25) is 5.89 Å². The summed E-state index contributed by atoms with van der Waals surface area (Å²) in [6.45, 7) is 0. The topological polar surface area (TPSA) is 42.4 Å². The summed E-state index contributed by atoms with van der Waals surface area (Å²) in [5.41, 5.74) is 14.5. The molecule has 0 amide bonds. The number of hydrogen-bond donors (Lipinski definition) is 0. The maximum atomic E-state index is 6.70. The summed E-state index contributed by atoms with van der Waals surface area (Å²) in [5, 5.41) is 4.45. The van der Waals surface area contributed by atoms with Crippen molar-refractivity contribution in [3.05, 3.63) is 206 Å². The highest BCUT2D eigenvalue weighted by Gasteiger charge is 2.18. The maximum Gasteiger partial charge on any atom is 0.227 e. The van der Waals surface area contributed by atoms with E-state index in [0.29, 0.717) is 5.89 Å². The smallest absolute Gasteiger partial charge is 0.227 e. The largest absolute Gasteiger partial charge is 0.455 e. The number of nitrogens with zero attached hydrogens (tertiary/aromatic N) is 2. The van der Waals surface area contributed by atoms with Crippen molar-refractivity contribution in [2.24, 2.45) is 0 Å². The summed E-state index contributed by atoms with van der Waals surface area (Å²) in [4.78, 5) is 6.98. The zero-order chi connectivity index (χ0) is 37.7. The molecule has 0 aliphatic rings. The first kappa shape index (κ1) is 32.7. The molecule has 9 aromatic carbocycles. The second-order valence-electron chi connectivity index (χ2n) is 14.4. The van der Waals surface area contributed by atoms with Crippen LogP contribution in [0.4, 0.5) is 17.1 Å². The minimum Gasteiger partial charge on any atom is -0.455 e. The lowest BCUT2D eigenvalue weighted by molar-refractivity contribution is 0.620. The molecule has 2 aromatic heterocycles. The van der Waals surface area contributed by atoms with E-state index in [-0.39, 0.29) is 0 Å². The monoisotopic (exact) mass is 730 g/mol. The molecule has 0 saturated heterocycles. The molecule has 0 N–H and O–H groups in total. The molecule has 0 spiro atoms. The van der Waals surface area contributed by atoms with E-state index in [4.69, 9.17) is 8.83 Å². The van der Waals surface area contributed by atoms with Crippen LogP contribution in [-0.2, 0) is 0 Å². The van der Waals surface area contributed by atoms with Crippen LogP contribution in [0.2, 0.25) is 0 Å². The average molecular weight is 731 g/mol. The molecular weight excluding hydrogens is 697 g/mol. The molecule has 0 aliphatic heterocycles. The number of anilines is 3. The van der Waals surface area contributed by atoms with E-state index in [1.807, 2.05) is 24.3 Å². The molecule has 0 aliphatic carbocycles. The summed E-state index contributed by atoms with van der Waals surface area (Å²) in [5.74, 6) is 0.621. The molecule has 4 heteroatoms. The number of rotatable bonds is 7. The predicted octanol–water partition coefficient (Wildman–Crippen LogP) is 15.0. The number of aromatic nitrogens is 1. The molecule has 4 nitrogen and oxygen atoms in total. The average Bonchev–Trinajstić information content (AvgIpc) is 3.89. The van der Waals surface area contributed by atoms with Gasteiger partial charge in [-0.2, -0.15) is 0 Å². The Kier molecular flexibility index (Phi) is 7.78. The van der Waals surface area contributed by atoms with Gasteiger partial charge in [0.1, 0.15) is 16.7 Å². The third-order valence-corrected chi connectivity index (χ3v) is 10.9. The standard InChI is InChI=1S/C53H34N2O2/c1-3-11-35(12-4-1)36-23-28-42(29-24-36)55(41-13-5-2-6-14-41)43-30-25-38(26-31-43)47-34-48-45-32-27-40(33-51(45)56-52(48)46-16-8-7-15-44(46)47)37-19-21-39(22-20-37)53-54-49-17-9-10-18-50(49)57-53/h1-34H. The Morgan fingerprint density at radius 2 is 0.877 bits per heavy atom. The SMILES string of the molecule is c1ccc(-c2ccc(N(c3ccccc3)c3ccc(-c4cc5c6ccc(-c7ccc(-c8nc9ccccc9o8)cc7)cc6oc5c5ccccc45)cc3)cc2)cc1. The molecule has 11 rings (SSSR count). The molecule has 57 heavy (non-hydrogen) atoms. The fourth-order valence-electron chi connectivity index (χ4n) is 8.07. The van der Waals surface area contributed by atoms with Gasteiger partial charge in [-0.3, -0.25) is 0 Å². The van der Waals surface area contributed by atoms with Crippen molar-refractivity contribution in [1.29, 1.82) is 0 Å². The third kappa shape index (κ3) is 5.83. The van der Waals surface area contributed by atoms with Gasteiger partial charge in [0.15, 0.2) is 5.58 Å². The zero-order valence-corrected chi connectivity index (χ0v) is 30.8. The predicted molar refractivity (Wildman–Crippen MR) is 235 cm³/mol. The Labute approximate surface area is 329 Å². The van der Waals surface area contributed by atoms with Gasteiger partial charge in [0.25, 0.3) is 0 Å². The Morgan fingerprint density at radius 1 is 0.333 bits per heavy atom. The first-order valence-electron chi connectivity index (χ1n) is 19.2. The van der Waals surface area contributed by atoms with E-state index in [9.17, 15) is 0 Å². The summed E-state index contributed by atoms with van der Waals surface area (Å²) in [7, 11) is 0. The molecule has 0 atom stereocenters. The summed E-state index contributed by atoms with van der Waals surface area (Å²) in [6.07, 6.45) is 0. The van der Waals surface area contributed by atoms with E-state index in [1.165, 1.54) is 16.7 Å². The van der Waals surface area contributed by atoms with Crippen LogP contribution in [0.1, 0.15) is 0 Å². The van der Waals surface area contributed by atoms with Crippen molar-refractivity contribution in [1.82, 2.24) is 4.98 Å². The number of benzene rings is 9. The van der Waals surface area contributed by atoms with Gasteiger partial charge in [-0.15, -0.1) is 0 Å². The normalized spacial score (nSPS) is 11.5. The summed E-state index contributed by atoms with van der Waals surface area (Å²) in [6, 6.07) is 72.4. The van der Waals surface area contributed by atoms with E-state index in [0.717, 1.165) is 83.1 Å². The highest BCUT2D eigenvalue weighted by atomic mass is 16.3. The fraction of sp³-hybridized carbons (Fsp3) is 0. The van der Waals surface area contributed by atoms with Crippen molar-refractivity contribution in [3.8, 4) is 44.8 Å². The van der Waals surface area contributed by atoms with Crippen molar-refractivity contribution in [3.63, 3.8) is 0 Å². The highest BCUT2D eigenvalue weighted by Crippen LogP contribution is 2.42. The van der Waals surface area contributed by atoms with Crippen LogP contribution in [0.25, 0.3) is 88.6 Å². The van der Waals surface area contributed by atoms with E-state index < -0.39 is 0 Å². The Morgan fingerprint density at radius 3 is 1.61 bits per heavy atom. The van der Waals surface area contributed by atoms with Gasteiger partial charge >= 0.3 is 0 Å². The van der Waals surface area contributed by atoms with E-state index in [1.54, 1.807) is 0 Å². The summed E-state index contributed by atoms with van der Waals surface area (Å²) >= 11 is 0. The molecule has 0 saturated carbocycles. The molecule has 0 radical (unpaired) electrons. The van der Waals surface area contributed by atoms with Crippen LogP contribution in [0, 0.1) is 0 Å². The highest BCUT2D eigenvalue weighted by molar-refractivity contribution is 6.19. The quantitative estimate of drug-likeness (QED) is 0.164. The number of furan rings is 1. The molecular formula is C53H34N2O2. The molecule has 268 valence electrons. The van der Waals surface area contributed by atoms with E-state index >= 15 is 0 Å². The minimum absolute atomic E-state index is 0.621. The lowest BCUT2D eigenvalue weighted by Gasteiger charge is -2.26. The number of para-hydroxylation sites is 3. The van der Waals surface area contributed by atoms with Crippen LogP contribution >= 0.6 is 0 Å². The van der Waals surface area contributed by atoms with E-state index in [2.05, 4.69) is 192 Å². The number of fused-ring (bicyclic) bond motifs is 6. The Hall–Kier alpha value is -7.69. The molecule has 11 aromatic rings.